The molecule has 0 bridgehead atoms. The van der Waals surface area contributed by atoms with Crippen molar-refractivity contribution in [2.45, 2.75) is 143 Å². The number of nitrogens with one attached hydrogen (secondary N) is 3. The molecule has 2 aromatic carbocycles. The van der Waals surface area contributed by atoms with E-state index in [0.29, 0.717) is 35.3 Å². The number of rotatable bonds is 16. The first-order valence-corrected chi connectivity index (χ1v) is 21.9. The number of hydrogen-bond donors (Lipinski definition) is 4. The molecular weight excluding hydrogens is 715 g/mol. The third-order valence-electron chi connectivity index (χ3n) is 10.5. The fourth-order valence-corrected chi connectivity index (χ4v) is 13.0. The Morgan fingerprint density at radius 3 is 2.24 bits per heavy atom. The zero-order valence-electron chi connectivity index (χ0n) is 35.1. The van der Waals surface area contributed by atoms with Crippen LogP contribution in [0.5, 0.6) is 5.75 Å². The Bertz CT molecular complexity index is 1790. The molecule has 1 aliphatic rings. The summed E-state index contributed by atoms with van der Waals surface area (Å²) in [7, 11) is -2.42. The second-order valence-corrected chi connectivity index (χ2v) is 23.2. The van der Waals surface area contributed by atoms with Crippen molar-refractivity contribution < 1.29 is 33.4 Å². The van der Waals surface area contributed by atoms with Gasteiger partial charge in [0.05, 0.1) is 17.1 Å². The highest BCUT2D eigenvalue weighted by atomic mass is 28.4. The molecule has 1 amide bonds. The number of ether oxygens (including phenoxy) is 2. The van der Waals surface area contributed by atoms with Crippen molar-refractivity contribution in [3.8, 4) is 16.9 Å². The lowest BCUT2D eigenvalue weighted by Gasteiger charge is -2.42. The summed E-state index contributed by atoms with van der Waals surface area (Å²) in [5.74, 6) is 0.573. The van der Waals surface area contributed by atoms with Gasteiger partial charge in [0.15, 0.2) is 12.4 Å². The molecule has 0 saturated carbocycles. The third kappa shape index (κ3) is 11.2. The van der Waals surface area contributed by atoms with Crippen molar-refractivity contribution in [3.63, 3.8) is 0 Å². The average molecular weight is 780 g/mol. The van der Waals surface area contributed by atoms with Gasteiger partial charge in [-0.25, -0.2) is 15.2 Å². The molecule has 3 aromatic rings. The summed E-state index contributed by atoms with van der Waals surface area (Å²) in [4.78, 5) is 44.6. The summed E-state index contributed by atoms with van der Waals surface area (Å²) in [6, 6.07) is 10.6. The van der Waals surface area contributed by atoms with Gasteiger partial charge in [0, 0.05) is 31.5 Å². The van der Waals surface area contributed by atoms with Crippen molar-refractivity contribution in [2.75, 3.05) is 19.8 Å². The van der Waals surface area contributed by atoms with Gasteiger partial charge in [-0.3, -0.25) is 15.0 Å². The number of carbonyl (C=O) groups is 3. The van der Waals surface area contributed by atoms with Crippen LogP contribution in [0.4, 0.5) is 4.79 Å². The van der Waals surface area contributed by atoms with Gasteiger partial charge in [-0.2, -0.15) is 0 Å². The van der Waals surface area contributed by atoms with E-state index in [-0.39, 0.29) is 18.4 Å². The number of carbonyl (C=O) groups excluding carboxylic acids is 3. The molecule has 4 rings (SSSR count). The summed E-state index contributed by atoms with van der Waals surface area (Å²) in [5, 5.41) is 12.8. The van der Waals surface area contributed by atoms with Crippen molar-refractivity contribution in [1.29, 1.82) is 0 Å². The minimum absolute atomic E-state index is 0.0346. The zero-order chi connectivity index (χ0) is 40.9. The van der Waals surface area contributed by atoms with Crippen LogP contribution in [0.2, 0.25) is 16.6 Å². The second-order valence-electron chi connectivity index (χ2n) is 17.8. The maximum Gasteiger partial charge on any atom is 0.408 e. The number of aliphatic hydroxyl groups is 1. The molecule has 13 heteroatoms. The van der Waals surface area contributed by atoms with Gasteiger partial charge < -0.3 is 28.9 Å². The number of aromatic nitrogens is 2. The molecule has 1 aromatic heterocycles. The molecular formula is C42H65N5O7Si. The lowest BCUT2D eigenvalue weighted by molar-refractivity contribution is -0.151. The smallest absolute Gasteiger partial charge is 0.408 e. The van der Waals surface area contributed by atoms with Gasteiger partial charge in [-0.1, -0.05) is 67.5 Å². The highest BCUT2D eigenvalue weighted by Crippen LogP contribution is 2.44. The van der Waals surface area contributed by atoms with Crippen LogP contribution in [0.15, 0.2) is 36.4 Å². The molecule has 1 saturated heterocycles. The molecule has 0 aliphatic carbocycles. The number of hydrogen-bond acceptors (Lipinski definition) is 10. The number of hydrazine groups is 1. The summed E-state index contributed by atoms with van der Waals surface area (Å²) in [6.45, 7) is 25.6. The quantitative estimate of drug-likeness (QED) is 0.0856. The Morgan fingerprint density at radius 2 is 1.65 bits per heavy atom. The number of ketones is 1. The molecule has 1 aliphatic heterocycles. The molecule has 12 nitrogen and oxygen atoms in total. The van der Waals surface area contributed by atoms with Crippen molar-refractivity contribution in [3.05, 3.63) is 47.8 Å². The SMILES string of the molecule is Cc1nc2ccc(-c3cc(C[C@H](NC(=O)OC(C)(C)C)C(=O)COC(=O)C4CCCNN4)cc(O[Si](C(C)C)(C(C)C)C(C)C)c3)cc2n1CC(C)(C)CO. The minimum Gasteiger partial charge on any atom is -0.543 e. The molecule has 304 valence electrons. The van der Waals surface area contributed by atoms with E-state index in [9.17, 15) is 19.5 Å². The Kier molecular flexibility index (Phi) is 14.4. The van der Waals surface area contributed by atoms with Gasteiger partial charge in [0.25, 0.3) is 8.32 Å². The van der Waals surface area contributed by atoms with Gasteiger partial charge in [0.1, 0.15) is 23.2 Å². The third-order valence-corrected chi connectivity index (χ3v) is 16.5. The van der Waals surface area contributed by atoms with Gasteiger partial charge >= 0.3 is 12.1 Å². The number of imidazole rings is 1. The van der Waals surface area contributed by atoms with Gasteiger partial charge in [-0.05, 0) is 98.1 Å². The molecule has 4 N–H and O–H groups in total. The van der Waals surface area contributed by atoms with Crippen LogP contribution < -0.4 is 20.6 Å². The molecule has 1 unspecified atom stereocenters. The van der Waals surface area contributed by atoms with Crippen molar-refractivity contribution >= 4 is 37.2 Å². The Morgan fingerprint density at radius 1 is 0.982 bits per heavy atom. The number of esters is 1. The molecule has 0 spiro atoms. The van der Waals surface area contributed by atoms with Crippen LogP contribution in [0, 0.1) is 12.3 Å². The van der Waals surface area contributed by atoms with Crippen LogP contribution in [-0.4, -0.2) is 78.3 Å². The minimum atomic E-state index is -2.42. The Labute approximate surface area is 328 Å². The monoisotopic (exact) mass is 779 g/mol. The predicted octanol–water partition coefficient (Wildman–Crippen LogP) is 7.39. The number of amides is 1. The Hall–Kier alpha value is -3.78. The number of aryl methyl sites for hydroxylation is 1. The number of Topliss-reactive ketones (excluding diaryl/α,β-unsaturated/α-hetero) is 1. The fraction of sp³-hybridized carbons (Fsp3) is 0.619. The van der Waals surface area contributed by atoms with E-state index in [1.54, 1.807) is 20.8 Å². The average Bonchev–Trinajstić information content (AvgIpc) is 3.40. The molecule has 55 heavy (non-hydrogen) atoms. The number of benzene rings is 2. The molecule has 2 heterocycles. The zero-order valence-corrected chi connectivity index (χ0v) is 36.1. The van der Waals surface area contributed by atoms with E-state index in [0.717, 1.165) is 46.5 Å². The molecule has 2 atom stereocenters. The standard InChI is InChI=1S/C42H65N5O7Si/c1-26(2)55(27(3)4,28(5)6)54-33-19-30(18-32(21-33)31-15-16-34-37(22-31)47(29(7)44-34)24-42(11,12)25-48)20-36(45-40(51)53-41(8,9)10)38(49)23-52-39(50)35-14-13-17-43-46-35/h15-16,18-19,21-22,26-28,35-36,43,46,48H,13-14,17,20,23-25H2,1-12H3,(H,45,51)/t35?,36-/m0/s1. The number of fused-ring (bicyclic) bond motifs is 1. The van der Waals surface area contributed by atoms with Crippen molar-refractivity contribution in [2.24, 2.45) is 5.41 Å². The normalized spacial score (nSPS) is 16.1. The molecule has 1 fully saturated rings. The number of nitrogens with zero attached hydrogens (tertiary/aromatic N) is 2. The Balaban J connectivity index is 1.80. The highest BCUT2D eigenvalue weighted by Gasteiger charge is 2.47. The lowest BCUT2D eigenvalue weighted by Crippen LogP contribution is -2.51. The lowest BCUT2D eigenvalue weighted by atomic mass is 9.94. The first-order chi connectivity index (χ1) is 25.7. The topological polar surface area (TPSA) is 153 Å². The first-order valence-electron chi connectivity index (χ1n) is 19.7. The molecule has 0 radical (unpaired) electrons. The number of alkyl carbamates (subject to hydrolysis) is 1. The maximum atomic E-state index is 13.9. The first kappa shape index (κ1) is 43.9. The van der Waals surface area contributed by atoms with Crippen LogP contribution in [0.3, 0.4) is 0 Å². The van der Waals surface area contributed by atoms with E-state index in [4.69, 9.17) is 18.9 Å². The van der Waals surface area contributed by atoms with E-state index >= 15 is 0 Å². The second kappa shape index (κ2) is 18.0. The highest BCUT2D eigenvalue weighted by molar-refractivity contribution is 6.78. The van der Waals surface area contributed by atoms with Crippen molar-refractivity contribution in [1.82, 2.24) is 25.7 Å². The van der Waals surface area contributed by atoms with E-state index in [1.165, 1.54) is 0 Å². The van der Waals surface area contributed by atoms with Crippen LogP contribution in [0.1, 0.15) is 100 Å². The van der Waals surface area contributed by atoms with E-state index in [2.05, 4.69) is 74.4 Å². The van der Waals surface area contributed by atoms with Gasteiger partial charge in [-0.15, -0.1) is 0 Å². The largest absolute Gasteiger partial charge is 0.543 e. The fourth-order valence-electron chi connectivity index (χ4n) is 7.78. The summed E-state index contributed by atoms with van der Waals surface area (Å²) >= 11 is 0. The number of aliphatic hydroxyl groups excluding tert-OH is 1. The summed E-state index contributed by atoms with van der Waals surface area (Å²) in [5.41, 5.74) is 10.1. The van der Waals surface area contributed by atoms with Crippen LogP contribution >= 0.6 is 0 Å². The summed E-state index contributed by atoms with van der Waals surface area (Å²) < 4.78 is 20.4. The maximum absolute atomic E-state index is 13.9. The van der Waals surface area contributed by atoms with Crippen LogP contribution in [0.25, 0.3) is 22.2 Å². The van der Waals surface area contributed by atoms with E-state index < -0.39 is 50.5 Å². The predicted molar refractivity (Wildman–Crippen MR) is 219 cm³/mol. The van der Waals surface area contributed by atoms with E-state index in [1.807, 2.05) is 45.0 Å². The van der Waals surface area contributed by atoms with Crippen LogP contribution in [-0.2, 0) is 32.0 Å². The summed E-state index contributed by atoms with van der Waals surface area (Å²) in [6.07, 6.45) is 0.754. The van der Waals surface area contributed by atoms with Gasteiger partial charge in [0.2, 0.25) is 0 Å².